The van der Waals surface area contributed by atoms with Crippen LogP contribution in [-0.4, -0.2) is 0 Å². The van der Waals surface area contributed by atoms with E-state index in [1.165, 1.54) is 89.0 Å². The lowest BCUT2D eigenvalue weighted by molar-refractivity contribution is 0.768. The van der Waals surface area contributed by atoms with Gasteiger partial charge in [-0.3, -0.25) is 0 Å². The number of fused-ring (bicyclic) bond motifs is 6. The third-order valence-electron chi connectivity index (χ3n) is 14.9. The summed E-state index contributed by atoms with van der Waals surface area (Å²) in [5, 5.41) is 0. The second-order valence-electron chi connectivity index (χ2n) is 18.3. The number of hydrogen-bond acceptors (Lipinski definition) is 1. The molecule has 0 aromatic heterocycles. The lowest BCUT2D eigenvalue weighted by atomic mass is 9.67. The summed E-state index contributed by atoms with van der Waals surface area (Å²) in [5.41, 5.74) is 22.5. The molecule has 2 aliphatic rings. The third kappa shape index (κ3) is 6.32. The molecule has 0 bridgehead atoms. The molecule has 13 rings (SSSR count). The van der Waals surface area contributed by atoms with Gasteiger partial charge in [0.15, 0.2) is 0 Å². The first-order valence-electron chi connectivity index (χ1n) is 24.0. The zero-order valence-electron chi connectivity index (χ0n) is 38.1. The molecular formula is C68H47N. The second-order valence-corrected chi connectivity index (χ2v) is 18.3. The molecule has 0 radical (unpaired) electrons. The van der Waals surface area contributed by atoms with Crippen LogP contribution in [0.4, 0.5) is 17.1 Å². The smallest absolute Gasteiger partial charge is 0.0714 e. The molecule has 0 atom stereocenters. The maximum absolute atomic E-state index is 2.45. The Balaban J connectivity index is 0.934. The molecule has 0 amide bonds. The molecule has 0 N–H and O–H groups in total. The molecule has 0 heterocycles. The zero-order valence-corrected chi connectivity index (χ0v) is 38.1. The van der Waals surface area contributed by atoms with Crippen LogP contribution < -0.4 is 4.90 Å². The van der Waals surface area contributed by atoms with Crippen LogP contribution in [0.15, 0.2) is 285 Å². The van der Waals surface area contributed by atoms with E-state index < -0.39 is 10.8 Å². The maximum Gasteiger partial charge on any atom is 0.0714 e. The summed E-state index contributed by atoms with van der Waals surface area (Å²) in [6, 6.07) is 105. The van der Waals surface area contributed by atoms with Crippen molar-refractivity contribution >= 4 is 17.1 Å². The van der Waals surface area contributed by atoms with Gasteiger partial charge >= 0.3 is 0 Å². The van der Waals surface area contributed by atoms with E-state index in [4.69, 9.17) is 0 Å². The lowest BCUT2D eigenvalue weighted by Crippen LogP contribution is -2.28. The Morgan fingerprint density at radius 3 is 0.913 bits per heavy atom. The van der Waals surface area contributed by atoms with Crippen molar-refractivity contribution in [2.45, 2.75) is 10.8 Å². The van der Waals surface area contributed by atoms with Crippen LogP contribution in [0.3, 0.4) is 0 Å². The van der Waals surface area contributed by atoms with E-state index in [2.05, 4.69) is 290 Å². The Bertz CT molecular complexity index is 3530. The fourth-order valence-corrected chi connectivity index (χ4v) is 11.9. The number of rotatable bonds is 9. The van der Waals surface area contributed by atoms with Crippen molar-refractivity contribution in [2.24, 2.45) is 0 Å². The topological polar surface area (TPSA) is 3.24 Å². The molecule has 69 heavy (non-hydrogen) atoms. The van der Waals surface area contributed by atoms with Gasteiger partial charge in [0.1, 0.15) is 0 Å². The number of hydrogen-bond donors (Lipinski definition) is 0. The average molecular weight is 878 g/mol. The van der Waals surface area contributed by atoms with Gasteiger partial charge in [-0.2, -0.15) is 0 Å². The third-order valence-corrected chi connectivity index (χ3v) is 14.9. The summed E-state index contributed by atoms with van der Waals surface area (Å²) in [4.78, 5) is 2.42. The first kappa shape index (κ1) is 40.5. The monoisotopic (exact) mass is 877 g/mol. The number of anilines is 3. The van der Waals surface area contributed by atoms with Gasteiger partial charge in [-0.1, -0.05) is 249 Å². The minimum atomic E-state index is -0.509. The van der Waals surface area contributed by atoms with Gasteiger partial charge in [-0.25, -0.2) is 0 Å². The maximum atomic E-state index is 2.45. The van der Waals surface area contributed by atoms with E-state index in [1.807, 2.05) is 0 Å². The van der Waals surface area contributed by atoms with E-state index in [9.17, 15) is 0 Å². The average Bonchev–Trinajstić information content (AvgIpc) is 3.91. The molecule has 11 aromatic rings. The molecule has 1 nitrogen and oxygen atoms in total. The van der Waals surface area contributed by atoms with Gasteiger partial charge in [0, 0.05) is 17.1 Å². The van der Waals surface area contributed by atoms with Crippen molar-refractivity contribution in [2.75, 3.05) is 4.90 Å². The number of nitrogens with zero attached hydrogens (tertiary/aromatic N) is 1. The lowest BCUT2D eigenvalue weighted by Gasteiger charge is -2.35. The molecule has 11 aromatic carbocycles. The Kier molecular flexibility index (Phi) is 9.70. The first-order valence-corrected chi connectivity index (χ1v) is 24.0. The predicted molar refractivity (Wildman–Crippen MR) is 287 cm³/mol. The fourth-order valence-electron chi connectivity index (χ4n) is 11.9. The van der Waals surface area contributed by atoms with Crippen LogP contribution in [0.2, 0.25) is 0 Å². The van der Waals surface area contributed by atoms with Gasteiger partial charge in [-0.05, 0) is 125 Å². The molecule has 1 heteroatoms. The van der Waals surface area contributed by atoms with Crippen LogP contribution in [0.5, 0.6) is 0 Å². The molecule has 0 saturated heterocycles. The molecule has 0 spiro atoms. The van der Waals surface area contributed by atoms with Crippen molar-refractivity contribution in [3.05, 3.63) is 330 Å². The SMILES string of the molecule is c1ccc(-c2ccc(N(c3ccc(-c4ccc(C5(c6ccccc6)c6ccccc6-c6ccccc65)cc4)cc3)c3ccc4c(c3)C(c3ccccc3)(c3ccccc3)c3ccccc3-4)cc2)cc1. The fraction of sp³-hybridized carbons (Fsp3) is 0.0294. The van der Waals surface area contributed by atoms with Crippen LogP contribution in [0, 0.1) is 0 Å². The summed E-state index contributed by atoms with van der Waals surface area (Å²) >= 11 is 0. The molecule has 0 aliphatic heterocycles. The van der Waals surface area contributed by atoms with Crippen LogP contribution in [0.25, 0.3) is 44.5 Å². The van der Waals surface area contributed by atoms with Gasteiger partial charge in [0.05, 0.1) is 10.8 Å². The van der Waals surface area contributed by atoms with Gasteiger partial charge in [0.25, 0.3) is 0 Å². The predicted octanol–water partition coefficient (Wildman–Crippen LogP) is 17.2. The van der Waals surface area contributed by atoms with E-state index in [0.717, 1.165) is 17.1 Å². The summed E-state index contributed by atoms with van der Waals surface area (Å²) in [7, 11) is 0. The standard InChI is InChI=1S/C68H47N/c1-5-19-48(20-6-1)50-35-41-56(42-36-50)69(58-45-46-62-61-29-15-18-32-65(61)68(66(62)47-58,53-23-9-3-10-24-53)54-25-11-4-12-26-54)57-43-37-51(38-44-57)49-33-39-55(40-34-49)67(52-21-7-2-8-22-52)63-30-16-13-27-59(63)60-28-14-17-31-64(60)67/h1-47H. The van der Waals surface area contributed by atoms with Gasteiger partial charge in [0.2, 0.25) is 0 Å². The van der Waals surface area contributed by atoms with Crippen molar-refractivity contribution in [3.8, 4) is 44.5 Å². The highest BCUT2D eigenvalue weighted by molar-refractivity contribution is 5.90. The second kappa shape index (κ2) is 16.5. The van der Waals surface area contributed by atoms with Crippen LogP contribution in [-0.2, 0) is 10.8 Å². The quantitative estimate of drug-likeness (QED) is 0.140. The zero-order chi connectivity index (χ0) is 45.8. The highest BCUT2D eigenvalue weighted by atomic mass is 15.1. The molecule has 2 aliphatic carbocycles. The van der Waals surface area contributed by atoms with E-state index >= 15 is 0 Å². The van der Waals surface area contributed by atoms with E-state index in [1.54, 1.807) is 0 Å². The Hall–Kier alpha value is -8.78. The van der Waals surface area contributed by atoms with E-state index in [-0.39, 0.29) is 0 Å². The van der Waals surface area contributed by atoms with Crippen molar-refractivity contribution in [1.82, 2.24) is 0 Å². The first-order chi connectivity index (χ1) is 34.2. The Morgan fingerprint density at radius 1 is 0.203 bits per heavy atom. The normalized spacial score (nSPS) is 13.4. The highest BCUT2D eigenvalue weighted by Crippen LogP contribution is 2.58. The molecular weight excluding hydrogens is 831 g/mol. The van der Waals surface area contributed by atoms with Crippen molar-refractivity contribution < 1.29 is 0 Å². The van der Waals surface area contributed by atoms with E-state index in [0.29, 0.717) is 0 Å². The van der Waals surface area contributed by atoms with Gasteiger partial charge < -0.3 is 4.90 Å². The summed E-state index contributed by atoms with van der Waals surface area (Å²) < 4.78 is 0. The molecule has 0 unspecified atom stereocenters. The van der Waals surface area contributed by atoms with Crippen LogP contribution in [0.1, 0.15) is 44.5 Å². The van der Waals surface area contributed by atoms with Crippen molar-refractivity contribution in [1.29, 1.82) is 0 Å². The minimum Gasteiger partial charge on any atom is -0.310 e. The van der Waals surface area contributed by atoms with Gasteiger partial charge in [-0.15, -0.1) is 0 Å². The molecule has 0 fully saturated rings. The van der Waals surface area contributed by atoms with Crippen LogP contribution >= 0.6 is 0 Å². The number of benzene rings is 11. The minimum absolute atomic E-state index is 0.427. The van der Waals surface area contributed by atoms with Crippen molar-refractivity contribution in [3.63, 3.8) is 0 Å². The highest BCUT2D eigenvalue weighted by Gasteiger charge is 2.47. The molecule has 324 valence electrons. The summed E-state index contributed by atoms with van der Waals surface area (Å²) in [6.45, 7) is 0. The largest absolute Gasteiger partial charge is 0.310 e. The Labute approximate surface area is 404 Å². The summed E-state index contributed by atoms with van der Waals surface area (Å²) in [6.07, 6.45) is 0. The Morgan fingerprint density at radius 2 is 0.493 bits per heavy atom. The molecule has 0 saturated carbocycles. The summed E-state index contributed by atoms with van der Waals surface area (Å²) in [5.74, 6) is 0.